The third-order valence-electron chi connectivity index (χ3n) is 2.39. The molecule has 0 spiro atoms. The SMILES string of the molecule is Cn1cnc2cc(C#C[Si](C)(C)C)c(Cl)cc21. The number of aromatic nitrogens is 2. The van der Waals surface area contributed by atoms with Gasteiger partial charge in [-0.2, -0.15) is 0 Å². The topological polar surface area (TPSA) is 17.8 Å². The molecule has 0 fully saturated rings. The predicted octanol–water partition coefficient (Wildman–Crippen LogP) is 3.46. The van der Waals surface area contributed by atoms with E-state index in [1.165, 1.54) is 0 Å². The van der Waals surface area contributed by atoms with Crippen molar-refractivity contribution in [2.45, 2.75) is 19.6 Å². The van der Waals surface area contributed by atoms with E-state index in [9.17, 15) is 0 Å². The van der Waals surface area contributed by atoms with E-state index < -0.39 is 8.07 Å². The highest BCUT2D eigenvalue weighted by atomic mass is 35.5. The second-order valence-electron chi connectivity index (χ2n) is 5.18. The quantitative estimate of drug-likeness (QED) is 0.525. The van der Waals surface area contributed by atoms with Gasteiger partial charge in [0.1, 0.15) is 8.07 Å². The van der Waals surface area contributed by atoms with Crippen LogP contribution in [-0.2, 0) is 7.05 Å². The van der Waals surface area contributed by atoms with Crippen LogP contribution >= 0.6 is 11.6 Å². The van der Waals surface area contributed by atoms with Crippen molar-refractivity contribution in [2.75, 3.05) is 0 Å². The first-order valence-corrected chi connectivity index (χ1v) is 9.38. The third-order valence-corrected chi connectivity index (χ3v) is 3.57. The van der Waals surface area contributed by atoms with Crippen molar-refractivity contribution < 1.29 is 0 Å². The molecule has 2 nitrogen and oxygen atoms in total. The van der Waals surface area contributed by atoms with Crippen LogP contribution in [-0.4, -0.2) is 17.6 Å². The van der Waals surface area contributed by atoms with Gasteiger partial charge in [-0.3, -0.25) is 0 Å². The van der Waals surface area contributed by atoms with Gasteiger partial charge in [0.2, 0.25) is 0 Å². The van der Waals surface area contributed by atoms with Gasteiger partial charge in [0.25, 0.3) is 0 Å². The van der Waals surface area contributed by atoms with E-state index in [4.69, 9.17) is 11.6 Å². The lowest BCUT2D eigenvalue weighted by atomic mass is 10.2. The van der Waals surface area contributed by atoms with Gasteiger partial charge in [0.05, 0.1) is 22.4 Å². The minimum atomic E-state index is -1.37. The number of nitrogens with zero attached hydrogens (tertiary/aromatic N) is 2. The van der Waals surface area contributed by atoms with E-state index in [0.717, 1.165) is 16.6 Å². The van der Waals surface area contributed by atoms with Crippen LogP contribution < -0.4 is 0 Å². The molecule has 1 aromatic heterocycles. The molecule has 2 aromatic rings. The fourth-order valence-electron chi connectivity index (χ4n) is 1.50. The van der Waals surface area contributed by atoms with Crippen LogP contribution in [0.1, 0.15) is 5.56 Å². The summed E-state index contributed by atoms with van der Waals surface area (Å²) < 4.78 is 1.96. The van der Waals surface area contributed by atoms with E-state index >= 15 is 0 Å². The maximum absolute atomic E-state index is 6.23. The van der Waals surface area contributed by atoms with E-state index in [1.54, 1.807) is 6.33 Å². The Morgan fingerprint density at radius 2 is 2.00 bits per heavy atom. The summed E-state index contributed by atoms with van der Waals surface area (Å²) in [7, 11) is 0.587. The number of hydrogen-bond acceptors (Lipinski definition) is 1. The Labute approximate surface area is 108 Å². The fourth-order valence-corrected chi connectivity index (χ4v) is 2.21. The second-order valence-corrected chi connectivity index (χ2v) is 10.3. The lowest BCUT2D eigenvalue weighted by Gasteiger charge is -2.04. The van der Waals surface area contributed by atoms with Gasteiger partial charge < -0.3 is 4.57 Å². The van der Waals surface area contributed by atoms with E-state index in [2.05, 4.69) is 36.1 Å². The van der Waals surface area contributed by atoms with Gasteiger partial charge in [-0.05, 0) is 12.1 Å². The van der Waals surface area contributed by atoms with Gasteiger partial charge >= 0.3 is 0 Å². The zero-order valence-electron chi connectivity index (χ0n) is 10.5. The number of aryl methyl sites for hydroxylation is 1. The molecule has 0 saturated carbocycles. The van der Waals surface area contributed by atoms with Crippen molar-refractivity contribution in [2.24, 2.45) is 7.05 Å². The highest BCUT2D eigenvalue weighted by Gasteiger charge is 2.09. The third kappa shape index (κ3) is 2.71. The van der Waals surface area contributed by atoms with Crippen molar-refractivity contribution >= 4 is 30.7 Å². The summed E-state index contributed by atoms with van der Waals surface area (Å²) >= 11 is 6.23. The van der Waals surface area contributed by atoms with E-state index in [0.29, 0.717) is 5.02 Å². The Morgan fingerprint density at radius 3 is 2.65 bits per heavy atom. The molecule has 0 aliphatic heterocycles. The normalized spacial score (nSPS) is 11.4. The second kappa shape index (κ2) is 4.21. The van der Waals surface area contributed by atoms with Gasteiger partial charge in [-0.1, -0.05) is 37.2 Å². The monoisotopic (exact) mass is 262 g/mol. The molecule has 0 atom stereocenters. The molecule has 4 heteroatoms. The maximum Gasteiger partial charge on any atom is 0.129 e. The minimum Gasteiger partial charge on any atom is -0.334 e. The molecule has 0 saturated heterocycles. The Kier molecular flexibility index (Phi) is 3.03. The number of benzene rings is 1. The molecule has 2 rings (SSSR count). The van der Waals surface area contributed by atoms with Crippen LogP contribution in [0.2, 0.25) is 24.7 Å². The molecule has 1 aromatic carbocycles. The summed E-state index contributed by atoms with van der Waals surface area (Å²) in [6.45, 7) is 6.65. The zero-order chi connectivity index (χ0) is 12.6. The Hall–Kier alpha value is -1.24. The van der Waals surface area contributed by atoms with Crippen LogP contribution in [0.3, 0.4) is 0 Å². The molecule has 1 heterocycles. The number of halogens is 1. The number of imidazole rings is 1. The molecular weight excluding hydrogens is 248 g/mol. The smallest absolute Gasteiger partial charge is 0.129 e. The van der Waals surface area contributed by atoms with Crippen molar-refractivity contribution in [3.63, 3.8) is 0 Å². The average Bonchev–Trinajstić information content (AvgIpc) is 2.56. The zero-order valence-corrected chi connectivity index (χ0v) is 12.3. The van der Waals surface area contributed by atoms with Crippen LogP contribution in [0.5, 0.6) is 0 Å². The molecule has 88 valence electrons. The highest BCUT2D eigenvalue weighted by Crippen LogP contribution is 2.22. The Bertz CT molecular complexity index is 626. The van der Waals surface area contributed by atoms with Gasteiger partial charge in [-0.15, -0.1) is 5.54 Å². The summed E-state index contributed by atoms with van der Waals surface area (Å²) in [6.07, 6.45) is 1.79. The van der Waals surface area contributed by atoms with Crippen LogP contribution in [0, 0.1) is 11.5 Å². The number of rotatable bonds is 0. The summed E-state index contributed by atoms with van der Waals surface area (Å²) in [5.74, 6) is 3.18. The number of fused-ring (bicyclic) bond motifs is 1. The van der Waals surface area contributed by atoms with Gasteiger partial charge in [0, 0.05) is 12.6 Å². The molecule has 17 heavy (non-hydrogen) atoms. The Morgan fingerprint density at radius 1 is 1.29 bits per heavy atom. The largest absolute Gasteiger partial charge is 0.334 e. The lowest BCUT2D eigenvalue weighted by Crippen LogP contribution is -2.16. The summed E-state index contributed by atoms with van der Waals surface area (Å²) in [6, 6.07) is 3.89. The molecule has 0 aliphatic rings. The molecule has 0 amide bonds. The highest BCUT2D eigenvalue weighted by molar-refractivity contribution is 6.83. The maximum atomic E-state index is 6.23. The Balaban J connectivity index is 2.55. The average molecular weight is 263 g/mol. The molecular formula is C13H15ClN2Si. The molecule has 0 unspecified atom stereocenters. The molecule has 0 bridgehead atoms. The molecule has 0 radical (unpaired) electrons. The van der Waals surface area contributed by atoms with Gasteiger partial charge in [0.15, 0.2) is 0 Å². The van der Waals surface area contributed by atoms with Crippen molar-refractivity contribution in [3.05, 3.63) is 29.0 Å². The first-order chi connectivity index (χ1) is 7.87. The molecule has 0 N–H and O–H groups in total. The van der Waals surface area contributed by atoms with Crippen LogP contribution in [0.4, 0.5) is 0 Å². The first kappa shape index (κ1) is 12.2. The van der Waals surface area contributed by atoms with E-state index in [1.807, 2.05) is 23.7 Å². The summed E-state index contributed by atoms with van der Waals surface area (Å²) in [5.41, 5.74) is 6.17. The molecule has 0 aliphatic carbocycles. The van der Waals surface area contributed by atoms with E-state index in [-0.39, 0.29) is 0 Å². The van der Waals surface area contributed by atoms with Gasteiger partial charge in [-0.25, -0.2) is 4.98 Å². The van der Waals surface area contributed by atoms with Crippen molar-refractivity contribution in [1.82, 2.24) is 9.55 Å². The predicted molar refractivity (Wildman–Crippen MR) is 75.9 cm³/mol. The standard InChI is InChI=1S/C13H15ClN2Si/c1-16-9-15-12-7-10(5-6-17(2,3)4)11(14)8-13(12)16/h7-9H,1-4H3. The van der Waals surface area contributed by atoms with Crippen molar-refractivity contribution in [1.29, 1.82) is 0 Å². The van der Waals surface area contributed by atoms with Crippen molar-refractivity contribution in [3.8, 4) is 11.5 Å². The fraction of sp³-hybridized carbons (Fsp3) is 0.308. The summed E-state index contributed by atoms with van der Waals surface area (Å²) in [5, 5.41) is 0.701. The lowest BCUT2D eigenvalue weighted by molar-refractivity contribution is 0.947. The number of hydrogen-bond donors (Lipinski definition) is 0. The van der Waals surface area contributed by atoms with Crippen LogP contribution in [0.15, 0.2) is 18.5 Å². The summed E-state index contributed by atoms with van der Waals surface area (Å²) in [4.78, 5) is 4.31. The van der Waals surface area contributed by atoms with Crippen LogP contribution in [0.25, 0.3) is 11.0 Å². The minimum absolute atomic E-state index is 0.701. The first-order valence-electron chi connectivity index (χ1n) is 5.50.